The first kappa shape index (κ1) is 20.5. The summed E-state index contributed by atoms with van der Waals surface area (Å²) in [6.07, 6.45) is 0.842. The van der Waals surface area contributed by atoms with Crippen molar-refractivity contribution >= 4 is 23.1 Å². The largest absolute Gasteiger partial charge is 0.507 e. The van der Waals surface area contributed by atoms with Crippen molar-refractivity contribution in [3.05, 3.63) is 106 Å². The Morgan fingerprint density at radius 3 is 2.13 bits per heavy atom. The maximum atomic E-state index is 13.6. The van der Waals surface area contributed by atoms with E-state index in [0.29, 0.717) is 16.8 Å². The molecule has 0 saturated carbocycles. The van der Waals surface area contributed by atoms with Gasteiger partial charge in [-0.25, -0.2) is 4.39 Å². The van der Waals surface area contributed by atoms with Gasteiger partial charge in [-0.1, -0.05) is 61.0 Å². The van der Waals surface area contributed by atoms with Gasteiger partial charge in [0.1, 0.15) is 11.6 Å². The molecule has 1 aliphatic heterocycles. The van der Waals surface area contributed by atoms with Gasteiger partial charge in [-0.15, -0.1) is 0 Å². The predicted octanol–water partition coefficient (Wildman–Crippen LogP) is 5.32. The number of ketones is 1. The Labute approximate surface area is 180 Å². The van der Waals surface area contributed by atoms with E-state index in [1.165, 1.54) is 29.2 Å². The molecule has 0 bridgehead atoms. The highest BCUT2D eigenvalue weighted by Crippen LogP contribution is 2.42. The fourth-order valence-corrected chi connectivity index (χ4v) is 3.82. The number of anilines is 1. The molecule has 0 aromatic heterocycles. The molecule has 1 fully saturated rings. The minimum absolute atomic E-state index is 0.0126. The number of aliphatic hydroxyl groups excluding tert-OH is 1. The lowest BCUT2D eigenvalue weighted by Gasteiger charge is -2.25. The van der Waals surface area contributed by atoms with Crippen LogP contribution in [-0.2, 0) is 16.0 Å². The smallest absolute Gasteiger partial charge is 0.300 e. The van der Waals surface area contributed by atoms with E-state index in [1.54, 1.807) is 24.3 Å². The summed E-state index contributed by atoms with van der Waals surface area (Å²) in [6, 6.07) is 19.2. The first-order valence-electron chi connectivity index (χ1n) is 10.1. The monoisotopic (exact) mass is 415 g/mol. The van der Waals surface area contributed by atoms with Crippen LogP contribution in [0.25, 0.3) is 5.76 Å². The molecule has 0 radical (unpaired) electrons. The first-order valence-corrected chi connectivity index (χ1v) is 10.1. The van der Waals surface area contributed by atoms with E-state index in [1.807, 2.05) is 38.1 Å². The van der Waals surface area contributed by atoms with Gasteiger partial charge in [0.2, 0.25) is 0 Å². The summed E-state index contributed by atoms with van der Waals surface area (Å²) >= 11 is 0. The Balaban J connectivity index is 1.91. The summed E-state index contributed by atoms with van der Waals surface area (Å²) in [5, 5.41) is 11.1. The van der Waals surface area contributed by atoms with Crippen LogP contribution in [0.5, 0.6) is 0 Å². The molecule has 156 valence electrons. The molecule has 4 nitrogen and oxygen atoms in total. The highest BCUT2D eigenvalue weighted by Gasteiger charge is 2.46. The SMILES string of the molecule is CCc1ccc(/C(O)=C2\C(=O)C(=O)N(c3ccc(C)cc3)C2c2ccc(F)cc2)cc1. The van der Waals surface area contributed by atoms with Crippen LogP contribution in [0, 0.1) is 12.7 Å². The van der Waals surface area contributed by atoms with E-state index >= 15 is 0 Å². The van der Waals surface area contributed by atoms with Crippen LogP contribution < -0.4 is 4.90 Å². The second-order valence-corrected chi connectivity index (χ2v) is 7.61. The van der Waals surface area contributed by atoms with Gasteiger partial charge in [-0.3, -0.25) is 14.5 Å². The van der Waals surface area contributed by atoms with E-state index in [2.05, 4.69) is 0 Å². The molecule has 1 saturated heterocycles. The lowest BCUT2D eigenvalue weighted by atomic mass is 9.94. The van der Waals surface area contributed by atoms with E-state index in [9.17, 15) is 19.1 Å². The topological polar surface area (TPSA) is 57.6 Å². The van der Waals surface area contributed by atoms with Crippen molar-refractivity contribution in [3.8, 4) is 0 Å². The van der Waals surface area contributed by atoms with E-state index < -0.39 is 23.5 Å². The summed E-state index contributed by atoms with van der Waals surface area (Å²) in [7, 11) is 0. The van der Waals surface area contributed by atoms with Crippen molar-refractivity contribution in [2.24, 2.45) is 0 Å². The van der Waals surface area contributed by atoms with E-state index in [-0.39, 0.29) is 11.3 Å². The highest BCUT2D eigenvalue weighted by atomic mass is 19.1. The van der Waals surface area contributed by atoms with Crippen LogP contribution in [0.1, 0.15) is 35.2 Å². The molecule has 5 heteroatoms. The molecule has 1 unspecified atom stereocenters. The molecule has 1 amide bonds. The normalized spacial score (nSPS) is 17.9. The molecule has 1 atom stereocenters. The van der Waals surface area contributed by atoms with Crippen LogP contribution in [-0.4, -0.2) is 16.8 Å². The Bertz CT molecular complexity index is 1160. The Morgan fingerprint density at radius 1 is 0.935 bits per heavy atom. The van der Waals surface area contributed by atoms with Gasteiger partial charge < -0.3 is 5.11 Å². The fraction of sp³-hybridized carbons (Fsp3) is 0.154. The van der Waals surface area contributed by atoms with Crippen LogP contribution in [0.15, 0.2) is 78.4 Å². The third kappa shape index (κ3) is 3.75. The second-order valence-electron chi connectivity index (χ2n) is 7.61. The standard InChI is InChI=1S/C26H22FNO3/c1-3-17-6-8-19(9-7-17)24(29)22-23(18-10-12-20(27)13-11-18)28(26(31)25(22)30)21-14-4-16(2)5-15-21/h4-15,23,29H,3H2,1-2H3/b24-22+. The number of hydrogen-bond donors (Lipinski definition) is 1. The molecule has 3 aromatic carbocycles. The van der Waals surface area contributed by atoms with Gasteiger partial charge in [-0.05, 0) is 48.7 Å². The zero-order valence-electron chi connectivity index (χ0n) is 17.3. The third-order valence-corrected chi connectivity index (χ3v) is 5.58. The Morgan fingerprint density at radius 2 is 1.55 bits per heavy atom. The molecule has 1 heterocycles. The van der Waals surface area contributed by atoms with Crippen molar-refractivity contribution in [1.29, 1.82) is 0 Å². The number of Topliss-reactive ketones (excluding diaryl/α,β-unsaturated/α-hetero) is 1. The van der Waals surface area contributed by atoms with E-state index in [0.717, 1.165) is 17.5 Å². The van der Waals surface area contributed by atoms with E-state index in [4.69, 9.17) is 0 Å². The number of amides is 1. The van der Waals surface area contributed by atoms with Gasteiger partial charge >= 0.3 is 0 Å². The van der Waals surface area contributed by atoms with Crippen molar-refractivity contribution in [1.82, 2.24) is 0 Å². The second kappa shape index (κ2) is 8.19. The van der Waals surface area contributed by atoms with Gasteiger partial charge in [-0.2, -0.15) is 0 Å². The van der Waals surface area contributed by atoms with Gasteiger partial charge in [0, 0.05) is 11.3 Å². The molecule has 0 spiro atoms. The number of aliphatic hydroxyl groups is 1. The van der Waals surface area contributed by atoms with Crippen LogP contribution >= 0.6 is 0 Å². The molecule has 3 aromatic rings. The molecule has 1 aliphatic rings. The fourth-order valence-electron chi connectivity index (χ4n) is 3.82. The van der Waals surface area contributed by atoms with Crippen molar-refractivity contribution in [2.75, 3.05) is 4.90 Å². The number of carbonyl (C=O) groups excluding carboxylic acids is 2. The number of nitrogens with zero attached hydrogens (tertiary/aromatic N) is 1. The first-order chi connectivity index (χ1) is 14.9. The summed E-state index contributed by atoms with van der Waals surface area (Å²) in [6.45, 7) is 3.95. The maximum Gasteiger partial charge on any atom is 0.300 e. The molecule has 1 N–H and O–H groups in total. The van der Waals surface area contributed by atoms with Crippen molar-refractivity contribution < 1.29 is 19.1 Å². The quantitative estimate of drug-likeness (QED) is 0.356. The average Bonchev–Trinajstić information content (AvgIpc) is 3.05. The number of aryl methyl sites for hydroxylation is 2. The third-order valence-electron chi connectivity index (χ3n) is 5.58. The van der Waals surface area contributed by atoms with Crippen LogP contribution in [0.3, 0.4) is 0 Å². The molecular formula is C26H22FNO3. The number of benzene rings is 3. The van der Waals surface area contributed by atoms with Crippen molar-refractivity contribution in [2.45, 2.75) is 26.3 Å². The Hall–Kier alpha value is -3.73. The van der Waals surface area contributed by atoms with Gasteiger partial charge in [0.25, 0.3) is 11.7 Å². The lowest BCUT2D eigenvalue weighted by molar-refractivity contribution is -0.132. The summed E-state index contributed by atoms with van der Waals surface area (Å²) in [5.74, 6) is -2.17. The molecular weight excluding hydrogens is 393 g/mol. The zero-order valence-corrected chi connectivity index (χ0v) is 17.3. The maximum absolute atomic E-state index is 13.6. The summed E-state index contributed by atoms with van der Waals surface area (Å²) in [5.41, 5.74) is 3.60. The summed E-state index contributed by atoms with van der Waals surface area (Å²) < 4.78 is 13.6. The Kier molecular flexibility index (Phi) is 5.42. The number of halogens is 1. The van der Waals surface area contributed by atoms with Gasteiger partial charge in [0.15, 0.2) is 0 Å². The molecule has 31 heavy (non-hydrogen) atoms. The number of carbonyl (C=O) groups is 2. The minimum Gasteiger partial charge on any atom is -0.507 e. The summed E-state index contributed by atoms with van der Waals surface area (Å²) in [4.78, 5) is 27.5. The lowest BCUT2D eigenvalue weighted by Crippen LogP contribution is -2.29. The minimum atomic E-state index is -0.867. The van der Waals surface area contributed by atoms with Crippen LogP contribution in [0.4, 0.5) is 10.1 Å². The van der Waals surface area contributed by atoms with Crippen molar-refractivity contribution in [3.63, 3.8) is 0 Å². The zero-order chi connectivity index (χ0) is 22.1. The molecule has 4 rings (SSSR count). The van der Waals surface area contributed by atoms with Gasteiger partial charge in [0.05, 0.1) is 11.6 Å². The van der Waals surface area contributed by atoms with Crippen LogP contribution in [0.2, 0.25) is 0 Å². The number of rotatable bonds is 4. The highest BCUT2D eigenvalue weighted by molar-refractivity contribution is 6.51. The average molecular weight is 415 g/mol. The predicted molar refractivity (Wildman–Crippen MR) is 118 cm³/mol. The number of hydrogen-bond acceptors (Lipinski definition) is 3. The molecule has 0 aliphatic carbocycles.